The molecule has 3 aromatic rings. The zero-order chi connectivity index (χ0) is 23.8. The van der Waals surface area contributed by atoms with E-state index in [1.807, 2.05) is 37.3 Å². The second kappa shape index (κ2) is 12.1. The predicted molar refractivity (Wildman–Crippen MR) is 142 cm³/mol. The molecule has 0 saturated carbocycles. The number of nitrogens with one attached hydrogen (secondary N) is 1. The third-order valence-electron chi connectivity index (χ3n) is 4.41. The van der Waals surface area contributed by atoms with E-state index in [4.69, 9.17) is 21.1 Å². The summed E-state index contributed by atoms with van der Waals surface area (Å²) in [4.78, 5) is 12.6. The highest BCUT2D eigenvalue weighted by molar-refractivity contribution is 14.1. The van der Waals surface area contributed by atoms with Gasteiger partial charge in [-0.2, -0.15) is 5.26 Å². The number of carbonyl (C=O) groups is 1. The number of anilines is 1. The number of rotatable bonds is 8. The zero-order valence-corrected chi connectivity index (χ0v) is 22.1. The van der Waals surface area contributed by atoms with Crippen molar-refractivity contribution in [1.29, 1.82) is 5.26 Å². The van der Waals surface area contributed by atoms with Crippen molar-refractivity contribution in [1.82, 2.24) is 0 Å². The quantitative estimate of drug-likeness (QED) is 0.161. The molecule has 0 aliphatic rings. The van der Waals surface area contributed by atoms with Gasteiger partial charge < -0.3 is 14.8 Å². The van der Waals surface area contributed by atoms with Gasteiger partial charge >= 0.3 is 0 Å². The Balaban J connectivity index is 1.83. The first-order chi connectivity index (χ1) is 15.9. The molecule has 0 aliphatic heterocycles. The van der Waals surface area contributed by atoms with Crippen LogP contribution in [-0.2, 0) is 11.4 Å². The summed E-state index contributed by atoms with van der Waals surface area (Å²) in [5.41, 5.74) is 2.06. The first-order valence-electron chi connectivity index (χ1n) is 9.92. The Morgan fingerprint density at radius 2 is 1.85 bits per heavy atom. The molecular formula is C25H19BrClIN2O3. The molecule has 0 aromatic heterocycles. The summed E-state index contributed by atoms with van der Waals surface area (Å²) >= 11 is 12.1. The summed E-state index contributed by atoms with van der Waals surface area (Å²) in [6.07, 6.45) is 1.46. The van der Waals surface area contributed by atoms with E-state index >= 15 is 0 Å². The standard InChI is InChI=1S/C25H19BrClIN2O3/c1-2-32-23-13-17(11-18(14-29)25(31)30-21-9-5-19(26)6-10-21)12-22(27)24(23)33-15-16-3-7-20(28)8-4-16/h3-13H,2,15H2,1H3,(H,30,31)/b18-11+. The Kier molecular flexibility index (Phi) is 9.18. The summed E-state index contributed by atoms with van der Waals surface area (Å²) in [6.45, 7) is 2.58. The van der Waals surface area contributed by atoms with Crippen molar-refractivity contribution in [3.05, 3.63) is 90.4 Å². The van der Waals surface area contributed by atoms with Gasteiger partial charge in [0, 0.05) is 13.7 Å². The van der Waals surface area contributed by atoms with Gasteiger partial charge in [-0.05, 0) is 95.2 Å². The maximum atomic E-state index is 12.6. The van der Waals surface area contributed by atoms with E-state index < -0.39 is 5.91 Å². The van der Waals surface area contributed by atoms with Crippen LogP contribution in [0.1, 0.15) is 18.1 Å². The van der Waals surface area contributed by atoms with E-state index in [-0.39, 0.29) is 5.57 Å². The number of benzene rings is 3. The fourth-order valence-corrected chi connectivity index (χ4v) is 3.75. The second-order valence-corrected chi connectivity index (χ2v) is 9.38. The molecule has 0 atom stereocenters. The van der Waals surface area contributed by atoms with Crippen LogP contribution in [0.4, 0.5) is 5.69 Å². The van der Waals surface area contributed by atoms with Crippen LogP contribution in [0.15, 0.2) is 70.7 Å². The van der Waals surface area contributed by atoms with Gasteiger partial charge in [-0.3, -0.25) is 4.79 Å². The highest BCUT2D eigenvalue weighted by Crippen LogP contribution is 2.38. The molecule has 0 aliphatic carbocycles. The van der Waals surface area contributed by atoms with Crippen molar-refractivity contribution in [2.45, 2.75) is 13.5 Å². The zero-order valence-electron chi connectivity index (χ0n) is 17.6. The van der Waals surface area contributed by atoms with Crippen molar-refractivity contribution in [2.75, 3.05) is 11.9 Å². The van der Waals surface area contributed by atoms with Gasteiger partial charge in [-0.1, -0.05) is 39.7 Å². The smallest absolute Gasteiger partial charge is 0.266 e. The summed E-state index contributed by atoms with van der Waals surface area (Å²) in [7, 11) is 0. The molecule has 0 saturated heterocycles. The number of nitriles is 1. The molecule has 8 heteroatoms. The van der Waals surface area contributed by atoms with E-state index in [0.717, 1.165) is 13.6 Å². The van der Waals surface area contributed by atoms with Crippen LogP contribution in [-0.4, -0.2) is 12.5 Å². The van der Waals surface area contributed by atoms with Gasteiger partial charge in [-0.15, -0.1) is 0 Å². The SMILES string of the molecule is CCOc1cc(/C=C(\C#N)C(=O)Nc2ccc(Br)cc2)cc(Cl)c1OCc1ccc(I)cc1. The molecule has 3 rings (SSSR count). The first kappa shape index (κ1) is 25.1. The van der Waals surface area contributed by atoms with Crippen LogP contribution in [0.5, 0.6) is 11.5 Å². The largest absolute Gasteiger partial charge is 0.490 e. The number of halogens is 3. The monoisotopic (exact) mass is 636 g/mol. The molecule has 5 nitrogen and oxygen atoms in total. The van der Waals surface area contributed by atoms with Crippen LogP contribution in [0.3, 0.4) is 0 Å². The molecule has 3 aromatic carbocycles. The maximum Gasteiger partial charge on any atom is 0.266 e. The average Bonchev–Trinajstić information content (AvgIpc) is 2.79. The number of hydrogen-bond acceptors (Lipinski definition) is 4. The lowest BCUT2D eigenvalue weighted by Gasteiger charge is -2.15. The molecule has 0 unspecified atom stereocenters. The number of amides is 1. The fourth-order valence-electron chi connectivity index (χ4n) is 2.86. The van der Waals surface area contributed by atoms with Crippen molar-refractivity contribution in [2.24, 2.45) is 0 Å². The molecule has 1 amide bonds. The molecule has 0 spiro atoms. The number of nitrogens with zero attached hydrogens (tertiary/aromatic N) is 1. The van der Waals surface area contributed by atoms with Crippen molar-refractivity contribution in [3.8, 4) is 17.6 Å². The van der Waals surface area contributed by atoms with E-state index in [1.165, 1.54) is 6.08 Å². The fraction of sp³-hybridized carbons (Fsp3) is 0.120. The lowest BCUT2D eigenvalue weighted by atomic mass is 10.1. The summed E-state index contributed by atoms with van der Waals surface area (Å²) < 4.78 is 13.7. The molecular weight excluding hydrogens is 619 g/mol. The molecule has 0 heterocycles. The van der Waals surface area contributed by atoms with Crippen molar-refractivity contribution >= 4 is 67.8 Å². The Morgan fingerprint density at radius 3 is 2.48 bits per heavy atom. The Labute approximate surface area is 219 Å². The minimum Gasteiger partial charge on any atom is -0.490 e. The maximum absolute atomic E-state index is 12.6. The Hall–Kier alpha value is -2.54. The number of ether oxygens (including phenoxy) is 2. The minimum atomic E-state index is -0.520. The summed E-state index contributed by atoms with van der Waals surface area (Å²) in [5.74, 6) is 0.326. The van der Waals surface area contributed by atoms with Crippen LogP contribution in [0, 0.1) is 14.9 Å². The van der Waals surface area contributed by atoms with Crippen molar-refractivity contribution in [3.63, 3.8) is 0 Å². The number of carbonyl (C=O) groups excluding carboxylic acids is 1. The van der Waals surface area contributed by atoms with Crippen LogP contribution in [0.25, 0.3) is 6.08 Å². The first-order valence-corrected chi connectivity index (χ1v) is 12.2. The highest BCUT2D eigenvalue weighted by Gasteiger charge is 2.15. The third-order valence-corrected chi connectivity index (χ3v) is 5.93. The molecule has 1 N–H and O–H groups in total. The predicted octanol–water partition coefficient (Wildman–Crippen LogP) is 7.23. The third kappa shape index (κ3) is 7.22. The Morgan fingerprint density at radius 1 is 1.15 bits per heavy atom. The molecule has 0 fully saturated rings. The van der Waals surface area contributed by atoms with Crippen LogP contribution < -0.4 is 14.8 Å². The van der Waals surface area contributed by atoms with E-state index in [9.17, 15) is 10.1 Å². The molecule has 0 bridgehead atoms. The normalized spacial score (nSPS) is 10.9. The van der Waals surface area contributed by atoms with E-state index in [0.29, 0.717) is 41.0 Å². The topological polar surface area (TPSA) is 71.3 Å². The second-order valence-electron chi connectivity index (χ2n) is 6.81. The van der Waals surface area contributed by atoms with E-state index in [1.54, 1.807) is 36.4 Å². The lowest BCUT2D eigenvalue weighted by molar-refractivity contribution is -0.112. The average molecular weight is 638 g/mol. The molecule has 33 heavy (non-hydrogen) atoms. The van der Waals surface area contributed by atoms with Gasteiger partial charge in [-0.25, -0.2) is 0 Å². The minimum absolute atomic E-state index is 0.0657. The van der Waals surface area contributed by atoms with Gasteiger partial charge in [0.05, 0.1) is 11.6 Å². The van der Waals surface area contributed by atoms with Crippen LogP contribution in [0.2, 0.25) is 5.02 Å². The van der Waals surface area contributed by atoms with Gasteiger partial charge in [0.2, 0.25) is 0 Å². The number of hydrogen-bond donors (Lipinski definition) is 1. The van der Waals surface area contributed by atoms with Crippen LogP contribution >= 0.6 is 50.1 Å². The summed E-state index contributed by atoms with van der Waals surface area (Å²) in [6, 6.07) is 20.3. The van der Waals surface area contributed by atoms with Crippen molar-refractivity contribution < 1.29 is 14.3 Å². The lowest BCUT2D eigenvalue weighted by Crippen LogP contribution is -2.13. The van der Waals surface area contributed by atoms with Gasteiger partial charge in [0.25, 0.3) is 5.91 Å². The van der Waals surface area contributed by atoms with Gasteiger partial charge in [0.15, 0.2) is 11.5 Å². The highest BCUT2D eigenvalue weighted by atomic mass is 127. The Bertz CT molecular complexity index is 1210. The van der Waals surface area contributed by atoms with Gasteiger partial charge in [0.1, 0.15) is 18.2 Å². The molecule has 0 radical (unpaired) electrons. The van der Waals surface area contributed by atoms with E-state index in [2.05, 4.69) is 43.8 Å². The summed E-state index contributed by atoms with van der Waals surface area (Å²) in [5, 5.41) is 12.6. The molecule has 168 valence electrons.